The summed E-state index contributed by atoms with van der Waals surface area (Å²) in [4.78, 5) is 4.44. The largest absolute Gasteiger partial charge is 0.271 e. The molecule has 18 heavy (non-hydrogen) atoms. The molecule has 0 radical (unpaired) electrons. The Morgan fingerprint density at radius 2 is 2.17 bits per heavy atom. The van der Waals surface area contributed by atoms with Crippen LogP contribution in [0.2, 0.25) is 0 Å². The Balaban J connectivity index is 2.65. The fourth-order valence-electron chi connectivity index (χ4n) is 2.34. The van der Waals surface area contributed by atoms with Crippen molar-refractivity contribution in [2.24, 2.45) is 11.8 Å². The molecule has 2 atom stereocenters. The summed E-state index contributed by atoms with van der Waals surface area (Å²) in [7, 11) is 0. The normalized spacial score (nSPS) is 14.4. The summed E-state index contributed by atoms with van der Waals surface area (Å²) in [6, 6.07) is 4.31. The highest BCUT2D eigenvalue weighted by Crippen LogP contribution is 2.25. The van der Waals surface area contributed by atoms with Gasteiger partial charge in [-0.3, -0.25) is 16.3 Å². The zero-order chi connectivity index (χ0) is 13.4. The van der Waals surface area contributed by atoms with Crippen LogP contribution in [0.1, 0.15) is 63.3 Å². The molecule has 0 aliphatic carbocycles. The van der Waals surface area contributed by atoms with E-state index in [4.69, 9.17) is 5.84 Å². The quantitative estimate of drug-likeness (QED) is 0.547. The molecule has 0 fully saturated rings. The standard InChI is InChI=1S/C15H27N3/c1-4-6-7-13(5-2)11-15(18-16)14-10-12(3)8-9-17-14/h8-10,13,15,18H,4-7,11,16H2,1-3H3. The van der Waals surface area contributed by atoms with Crippen LogP contribution in [0.3, 0.4) is 0 Å². The first-order valence-electron chi connectivity index (χ1n) is 7.09. The lowest BCUT2D eigenvalue weighted by Crippen LogP contribution is -2.30. The first kappa shape index (κ1) is 15.1. The van der Waals surface area contributed by atoms with Crippen LogP contribution in [0.4, 0.5) is 0 Å². The van der Waals surface area contributed by atoms with E-state index in [2.05, 4.69) is 37.2 Å². The molecule has 2 unspecified atom stereocenters. The second kappa shape index (κ2) is 8.22. The fraction of sp³-hybridized carbons (Fsp3) is 0.667. The van der Waals surface area contributed by atoms with Crippen molar-refractivity contribution in [3.63, 3.8) is 0 Å². The molecule has 1 aromatic rings. The average Bonchev–Trinajstić information content (AvgIpc) is 2.39. The van der Waals surface area contributed by atoms with Gasteiger partial charge in [0.15, 0.2) is 0 Å². The number of pyridine rings is 1. The molecule has 0 aromatic carbocycles. The van der Waals surface area contributed by atoms with E-state index in [0.29, 0.717) is 0 Å². The maximum Gasteiger partial charge on any atom is 0.0634 e. The Hall–Kier alpha value is -0.930. The van der Waals surface area contributed by atoms with Crippen molar-refractivity contribution in [3.05, 3.63) is 29.6 Å². The highest BCUT2D eigenvalue weighted by atomic mass is 15.2. The molecular formula is C15H27N3. The number of nitrogens with zero attached hydrogens (tertiary/aromatic N) is 1. The zero-order valence-electron chi connectivity index (χ0n) is 11.9. The monoisotopic (exact) mass is 249 g/mol. The number of hydrogen-bond donors (Lipinski definition) is 2. The zero-order valence-corrected chi connectivity index (χ0v) is 11.9. The lowest BCUT2D eigenvalue weighted by molar-refractivity contribution is 0.352. The predicted molar refractivity (Wildman–Crippen MR) is 77.0 cm³/mol. The third-order valence-corrected chi connectivity index (χ3v) is 3.61. The van der Waals surface area contributed by atoms with Crippen molar-refractivity contribution in [2.45, 2.75) is 58.9 Å². The second-order valence-electron chi connectivity index (χ2n) is 5.13. The fourth-order valence-corrected chi connectivity index (χ4v) is 2.34. The third kappa shape index (κ3) is 4.75. The van der Waals surface area contributed by atoms with E-state index in [-0.39, 0.29) is 6.04 Å². The van der Waals surface area contributed by atoms with Gasteiger partial charge in [0.25, 0.3) is 0 Å². The minimum absolute atomic E-state index is 0.173. The van der Waals surface area contributed by atoms with Crippen LogP contribution in [-0.2, 0) is 0 Å². The summed E-state index contributed by atoms with van der Waals surface area (Å²) >= 11 is 0. The number of rotatable bonds is 8. The lowest BCUT2D eigenvalue weighted by Gasteiger charge is -2.22. The molecule has 3 heteroatoms. The number of aromatic nitrogens is 1. The topological polar surface area (TPSA) is 50.9 Å². The van der Waals surface area contributed by atoms with Crippen molar-refractivity contribution in [3.8, 4) is 0 Å². The van der Waals surface area contributed by atoms with Crippen molar-refractivity contribution in [2.75, 3.05) is 0 Å². The van der Waals surface area contributed by atoms with Gasteiger partial charge in [-0.15, -0.1) is 0 Å². The summed E-state index contributed by atoms with van der Waals surface area (Å²) in [5, 5.41) is 0. The molecule has 0 bridgehead atoms. The van der Waals surface area contributed by atoms with E-state index in [0.717, 1.165) is 18.0 Å². The number of unbranched alkanes of at least 4 members (excludes halogenated alkanes) is 1. The van der Waals surface area contributed by atoms with Crippen molar-refractivity contribution >= 4 is 0 Å². The molecule has 0 aliphatic heterocycles. The first-order chi connectivity index (χ1) is 8.71. The Bertz CT molecular complexity index is 338. The highest BCUT2D eigenvalue weighted by Gasteiger charge is 2.16. The molecule has 1 aromatic heterocycles. The van der Waals surface area contributed by atoms with E-state index >= 15 is 0 Å². The van der Waals surface area contributed by atoms with Crippen LogP contribution >= 0.6 is 0 Å². The van der Waals surface area contributed by atoms with Crippen molar-refractivity contribution < 1.29 is 0 Å². The minimum atomic E-state index is 0.173. The molecule has 3 nitrogen and oxygen atoms in total. The minimum Gasteiger partial charge on any atom is -0.271 e. The van der Waals surface area contributed by atoms with Gasteiger partial charge in [-0.2, -0.15) is 0 Å². The maximum atomic E-state index is 5.70. The summed E-state index contributed by atoms with van der Waals surface area (Å²) < 4.78 is 0. The molecule has 102 valence electrons. The van der Waals surface area contributed by atoms with Crippen LogP contribution in [0.15, 0.2) is 18.3 Å². The Morgan fingerprint density at radius 1 is 1.39 bits per heavy atom. The first-order valence-corrected chi connectivity index (χ1v) is 7.09. The predicted octanol–water partition coefficient (Wildman–Crippen LogP) is 3.50. The van der Waals surface area contributed by atoms with Gasteiger partial charge in [-0.25, -0.2) is 0 Å². The lowest BCUT2D eigenvalue weighted by atomic mass is 9.91. The van der Waals surface area contributed by atoms with Gasteiger partial charge >= 0.3 is 0 Å². The van der Waals surface area contributed by atoms with Gasteiger partial charge in [-0.05, 0) is 37.0 Å². The molecular weight excluding hydrogens is 222 g/mol. The average molecular weight is 249 g/mol. The molecule has 1 heterocycles. The van der Waals surface area contributed by atoms with E-state index in [9.17, 15) is 0 Å². The van der Waals surface area contributed by atoms with Crippen molar-refractivity contribution in [1.82, 2.24) is 10.4 Å². The Morgan fingerprint density at radius 3 is 2.72 bits per heavy atom. The van der Waals surface area contributed by atoms with E-state index < -0.39 is 0 Å². The number of nitrogens with two attached hydrogens (primary N) is 1. The second-order valence-corrected chi connectivity index (χ2v) is 5.13. The Labute approximate surface area is 111 Å². The van der Waals surface area contributed by atoms with Gasteiger partial charge in [0, 0.05) is 6.20 Å². The van der Waals surface area contributed by atoms with Crippen LogP contribution in [-0.4, -0.2) is 4.98 Å². The summed E-state index contributed by atoms with van der Waals surface area (Å²) in [5.41, 5.74) is 5.22. The smallest absolute Gasteiger partial charge is 0.0634 e. The number of hydrogen-bond acceptors (Lipinski definition) is 3. The number of nitrogens with one attached hydrogen (secondary N) is 1. The molecule has 0 spiro atoms. The van der Waals surface area contributed by atoms with Gasteiger partial charge in [0.2, 0.25) is 0 Å². The van der Waals surface area contributed by atoms with Crippen LogP contribution in [0, 0.1) is 12.8 Å². The molecule has 0 aliphatic rings. The summed E-state index contributed by atoms with van der Waals surface area (Å²) in [6.45, 7) is 6.60. The number of hydrazine groups is 1. The maximum absolute atomic E-state index is 5.70. The van der Waals surface area contributed by atoms with Gasteiger partial charge in [0.05, 0.1) is 11.7 Å². The van der Waals surface area contributed by atoms with E-state index in [1.165, 1.54) is 31.2 Å². The Kier molecular flexibility index (Phi) is 6.91. The summed E-state index contributed by atoms with van der Waals surface area (Å²) in [5.74, 6) is 6.43. The SMILES string of the molecule is CCCCC(CC)CC(NN)c1cc(C)ccn1. The third-order valence-electron chi connectivity index (χ3n) is 3.61. The van der Waals surface area contributed by atoms with Crippen LogP contribution in [0.25, 0.3) is 0 Å². The molecule has 0 saturated carbocycles. The van der Waals surface area contributed by atoms with Gasteiger partial charge in [0.1, 0.15) is 0 Å². The summed E-state index contributed by atoms with van der Waals surface area (Å²) in [6.07, 6.45) is 8.00. The molecule has 1 rings (SSSR count). The van der Waals surface area contributed by atoms with Crippen molar-refractivity contribution in [1.29, 1.82) is 0 Å². The van der Waals surface area contributed by atoms with Crippen LogP contribution in [0.5, 0.6) is 0 Å². The van der Waals surface area contributed by atoms with E-state index in [1.54, 1.807) is 0 Å². The highest BCUT2D eigenvalue weighted by molar-refractivity contribution is 5.17. The number of aryl methyl sites for hydroxylation is 1. The molecule has 3 N–H and O–H groups in total. The molecule has 0 saturated heterocycles. The van der Waals surface area contributed by atoms with Gasteiger partial charge in [-0.1, -0.05) is 39.5 Å². The van der Waals surface area contributed by atoms with Gasteiger partial charge < -0.3 is 0 Å². The molecule has 0 amide bonds. The van der Waals surface area contributed by atoms with E-state index in [1.807, 2.05) is 12.3 Å². The van der Waals surface area contributed by atoms with Crippen LogP contribution < -0.4 is 11.3 Å².